The number of carbonyl (C=O) groups is 1. The Balaban J connectivity index is 2.65. The van der Waals surface area contributed by atoms with Gasteiger partial charge in [-0.3, -0.25) is 9.69 Å². The summed E-state index contributed by atoms with van der Waals surface area (Å²) in [6, 6.07) is 6.46. The van der Waals surface area contributed by atoms with Crippen LogP contribution in [0.15, 0.2) is 18.2 Å². The van der Waals surface area contributed by atoms with Crippen molar-refractivity contribution in [2.24, 2.45) is 0 Å². The molecule has 0 aliphatic rings. The highest BCUT2D eigenvalue weighted by Crippen LogP contribution is 2.19. The predicted octanol–water partition coefficient (Wildman–Crippen LogP) is 2.97. The minimum absolute atomic E-state index is 0.0511. The maximum atomic E-state index is 12.0. The molecule has 1 aromatic rings. The summed E-state index contributed by atoms with van der Waals surface area (Å²) in [5.41, 5.74) is 3.16. The molecule has 1 atom stereocenters. The zero-order chi connectivity index (χ0) is 13.7. The maximum absolute atomic E-state index is 12.0. The fraction of sp³-hybridized carbons (Fsp3) is 0.533. The summed E-state index contributed by atoms with van der Waals surface area (Å²) < 4.78 is 0. The number of rotatable bonds is 5. The number of nitrogens with zero attached hydrogens (tertiary/aromatic N) is 1. The molecule has 0 heterocycles. The molecule has 0 fully saturated rings. The van der Waals surface area contributed by atoms with E-state index in [1.165, 1.54) is 0 Å². The molecule has 0 radical (unpaired) electrons. The van der Waals surface area contributed by atoms with Crippen LogP contribution in [0.5, 0.6) is 0 Å². The molecule has 18 heavy (non-hydrogen) atoms. The molecular weight excluding hydrogens is 224 g/mol. The lowest BCUT2D eigenvalue weighted by Gasteiger charge is -2.23. The van der Waals surface area contributed by atoms with Gasteiger partial charge in [-0.15, -0.1) is 0 Å². The highest BCUT2D eigenvalue weighted by molar-refractivity contribution is 5.93. The van der Waals surface area contributed by atoms with E-state index in [0.29, 0.717) is 12.6 Å². The second-order valence-electron chi connectivity index (χ2n) is 4.99. The van der Waals surface area contributed by atoms with Crippen LogP contribution in [0.2, 0.25) is 0 Å². The first-order valence-corrected chi connectivity index (χ1v) is 6.52. The van der Waals surface area contributed by atoms with Gasteiger partial charge < -0.3 is 5.32 Å². The number of nitrogens with one attached hydrogen (secondary N) is 1. The minimum atomic E-state index is 0.0511. The highest BCUT2D eigenvalue weighted by Gasteiger charge is 2.13. The quantitative estimate of drug-likeness (QED) is 0.869. The lowest BCUT2D eigenvalue weighted by molar-refractivity contribution is -0.117. The third-order valence-electron chi connectivity index (χ3n) is 3.48. The largest absolute Gasteiger partial charge is 0.324 e. The Morgan fingerprint density at radius 1 is 1.33 bits per heavy atom. The van der Waals surface area contributed by atoms with Crippen molar-refractivity contribution in [3.63, 3.8) is 0 Å². The van der Waals surface area contributed by atoms with Crippen molar-refractivity contribution < 1.29 is 4.79 Å². The molecule has 0 aliphatic heterocycles. The smallest absolute Gasteiger partial charge is 0.238 e. The third kappa shape index (κ3) is 3.84. The average molecular weight is 248 g/mol. The number of benzene rings is 1. The van der Waals surface area contributed by atoms with Gasteiger partial charge in [-0.05, 0) is 45.4 Å². The fourth-order valence-electron chi connectivity index (χ4n) is 1.88. The van der Waals surface area contributed by atoms with Gasteiger partial charge in [-0.1, -0.05) is 25.1 Å². The second kappa shape index (κ2) is 6.55. The number of hydrogen-bond donors (Lipinski definition) is 1. The number of anilines is 1. The number of likely N-dealkylation sites (N-methyl/N-ethyl adjacent to an activating group) is 1. The van der Waals surface area contributed by atoms with Crippen molar-refractivity contribution in [1.29, 1.82) is 0 Å². The third-order valence-corrected chi connectivity index (χ3v) is 3.48. The number of amides is 1. The van der Waals surface area contributed by atoms with Gasteiger partial charge in [0.15, 0.2) is 0 Å². The molecule has 0 bridgehead atoms. The Morgan fingerprint density at radius 2 is 1.89 bits per heavy atom. The standard InChI is InChI=1S/C15H24N2O/c1-6-13(4)17(5)10-14(18)16-15-11(2)8-7-9-12(15)3/h7-9,13H,6,10H2,1-5H3,(H,16,18). The molecule has 100 valence electrons. The van der Waals surface area contributed by atoms with Gasteiger partial charge in [0.05, 0.1) is 6.54 Å². The van der Waals surface area contributed by atoms with Crippen molar-refractivity contribution in [3.8, 4) is 0 Å². The first-order chi connectivity index (χ1) is 8.45. The van der Waals surface area contributed by atoms with Crippen LogP contribution in [0, 0.1) is 13.8 Å². The fourth-order valence-corrected chi connectivity index (χ4v) is 1.88. The highest BCUT2D eigenvalue weighted by atomic mass is 16.2. The number of hydrogen-bond acceptors (Lipinski definition) is 2. The first-order valence-electron chi connectivity index (χ1n) is 6.52. The summed E-state index contributed by atoms with van der Waals surface area (Å²) in [6.45, 7) is 8.72. The summed E-state index contributed by atoms with van der Waals surface area (Å²) in [6.07, 6.45) is 1.05. The summed E-state index contributed by atoms with van der Waals surface area (Å²) in [5, 5.41) is 3.01. The maximum Gasteiger partial charge on any atom is 0.238 e. The number of aryl methyl sites for hydroxylation is 2. The summed E-state index contributed by atoms with van der Waals surface area (Å²) >= 11 is 0. The van der Waals surface area contributed by atoms with E-state index in [2.05, 4.69) is 24.1 Å². The second-order valence-corrected chi connectivity index (χ2v) is 4.99. The molecule has 0 aromatic heterocycles. The summed E-state index contributed by atoms with van der Waals surface area (Å²) in [5.74, 6) is 0.0511. The molecule has 0 spiro atoms. The summed E-state index contributed by atoms with van der Waals surface area (Å²) in [7, 11) is 1.98. The first kappa shape index (κ1) is 14.7. The Hall–Kier alpha value is -1.35. The van der Waals surface area contributed by atoms with Crippen LogP contribution < -0.4 is 5.32 Å². The van der Waals surface area contributed by atoms with Crippen LogP contribution in [-0.4, -0.2) is 30.4 Å². The van der Waals surface area contributed by atoms with E-state index in [0.717, 1.165) is 23.2 Å². The van der Waals surface area contributed by atoms with Crippen LogP contribution in [0.4, 0.5) is 5.69 Å². The molecule has 1 unspecified atom stereocenters. The van der Waals surface area contributed by atoms with Gasteiger partial charge >= 0.3 is 0 Å². The monoisotopic (exact) mass is 248 g/mol. The molecular formula is C15H24N2O. The van der Waals surface area contributed by atoms with Crippen LogP contribution in [0.3, 0.4) is 0 Å². The molecule has 1 amide bonds. The van der Waals surface area contributed by atoms with Crippen LogP contribution in [0.25, 0.3) is 0 Å². The van der Waals surface area contributed by atoms with Gasteiger partial charge in [0.1, 0.15) is 0 Å². The van der Waals surface area contributed by atoms with Gasteiger partial charge in [0.2, 0.25) is 5.91 Å². The Kier molecular flexibility index (Phi) is 5.35. The average Bonchev–Trinajstić information content (AvgIpc) is 2.32. The SMILES string of the molecule is CCC(C)N(C)CC(=O)Nc1c(C)cccc1C. The Labute approximate surface area is 110 Å². The van der Waals surface area contributed by atoms with Gasteiger partial charge in [-0.2, -0.15) is 0 Å². The predicted molar refractivity (Wildman–Crippen MR) is 76.9 cm³/mol. The van der Waals surface area contributed by atoms with E-state index in [1.807, 2.05) is 39.1 Å². The minimum Gasteiger partial charge on any atom is -0.324 e. The molecule has 0 aliphatic carbocycles. The zero-order valence-corrected chi connectivity index (χ0v) is 12.1. The molecule has 1 N–H and O–H groups in total. The van der Waals surface area contributed by atoms with Crippen molar-refractivity contribution in [2.45, 2.75) is 40.2 Å². The summed E-state index contributed by atoms with van der Waals surface area (Å²) in [4.78, 5) is 14.1. The van der Waals surface area contributed by atoms with E-state index < -0.39 is 0 Å². The number of para-hydroxylation sites is 1. The molecule has 3 nitrogen and oxygen atoms in total. The van der Waals surface area contributed by atoms with Crippen LogP contribution >= 0.6 is 0 Å². The lowest BCUT2D eigenvalue weighted by Crippen LogP contribution is -2.36. The van der Waals surface area contributed by atoms with E-state index in [9.17, 15) is 4.79 Å². The molecule has 1 aromatic carbocycles. The Bertz CT molecular complexity index is 395. The lowest BCUT2D eigenvalue weighted by atomic mass is 10.1. The normalized spacial score (nSPS) is 12.6. The van der Waals surface area contributed by atoms with Crippen molar-refractivity contribution in [1.82, 2.24) is 4.90 Å². The van der Waals surface area contributed by atoms with Crippen molar-refractivity contribution in [3.05, 3.63) is 29.3 Å². The van der Waals surface area contributed by atoms with E-state index in [-0.39, 0.29) is 5.91 Å². The molecule has 3 heteroatoms. The van der Waals surface area contributed by atoms with Gasteiger partial charge in [0, 0.05) is 11.7 Å². The van der Waals surface area contributed by atoms with Crippen LogP contribution in [-0.2, 0) is 4.79 Å². The van der Waals surface area contributed by atoms with Gasteiger partial charge in [-0.25, -0.2) is 0 Å². The van der Waals surface area contributed by atoms with Crippen LogP contribution in [0.1, 0.15) is 31.4 Å². The van der Waals surface area contributed by atoms with Crippen molar-refractivity contribution in [2.75, 3.05) is 18.9 Å². The van der Waals surface area contributed by atoms with Crippen molar-refractivity contribution >= 4 is 11.6 Å². The molecule has 1 rings (SSSR count). The molecule has 0 saturated carbocycles. The van der Waals surface area contributed by atoms with E-state index in [4.69, 9.17) is 0 Å². The zero-order valence-electron chi connectivity index (χ0n) is 12.1. The van der Waals surface area contributed by atoms with Gasteiger partial charge in [0.25, 0.3) is 0 Å². The van der Waals surface area contributed by atoms with E-state index >= 15 is 0 Å². The molecule has 0 saturated heterocycles. The Morgan fingerprint density at radius 3 is 2.39 bits per heavy atom. The van der Waals surface area contributed by atoms with E-state index in [1.54, 1.807) is 0 Å². The topological polar surface area (TPSA) is 32.3 Å². The number of carbonyl (C=O) groups excluding carboxylic acids is 1.